The van der Waals surface area contributed by atoms with Crippen LogP contribution in [0.1, 0.15) is 51.4 Å². The maximum atomic E-state index is 12.0. The van der Waals surface area contributed by atoms with E-state index in [9.17, 15) is 9.59 Å². The Hall–Kier alpha value is -1.53. The third kappa shape index (κ3) is 4.48. The Labute approximate surface area is 143 Å². The first-order valence-corrected chi connectivity index (χ1v) is 9.03. The van der Waals surface area contributed by atoms with Crippen LogP contribution in [0.3, 0.4) is 0 Å². The van der Waals surface area contributed by atoms with E-state index in [0.29, 0.717) is 9.20 Å². The molecule has 0 aliphatic heterocycles. The monoisotopic (exact) mass is 350 g/mol. The van der Waals surface area contributed by atoms with Gasteiger partial charge in [0.25, 0.3) is 5.56 Å². The summed E-state index contributed by atoms with van der Waals surface area (Å²) >= 11 is 2.86. The van der Waals surface area contributed by atoms with Crippen LogP contribution in [0.5, 0.6) is 0 Å². The normalized spacial score (nSPS) is 14.5. The van der Waals surface area contributed by atoms with Crippen molar-refractivity contribution in [2.24, 2.45) is 5.41 Å². The molecule has 0 radical (unpaired) electrons. The van der Waals surface area contributed by atoms with Gasteiger partial charge in [0.15, 0.2) is 5.78 Å². The van der Waals surface area contributed by atoms with Gasteiger partial charge < -0.3 is 4.98 Å². The Bertz CT molecular complexity index is 887. The fourth-order valence-corrected chi connectivity index (χ4v) is 3.53. The number of hydrogen-bond acceptors (Lipinski definition) is 5. The first-order chi connectivity index (χ1) is 10.5. The molecule has 2 rings (SSSR count). The predicted octanol–water partition coefficient (Wildman–Crippen LogP) is 2.41. The number of hydrogen-bond donors (Lipinski definition) is 1. The Balaban J connectivity index is 2.43. The number of Topliss-reactive ketones (excluding diaryl/α,β-unsaturated/α-hetero) is 1. The molecule has 0 aliphatic rings. The Morgan fingerprint density at radius 1 is 1.17 bits per heavy atom. The zero-order chi connectivity index (χ0) is 17.4. The summed E-state index contributed by atoms with van der Waals surface area (Å²) in [7, 11) is 0. The average molecular weight is 351 g/mol. The zero-order valence-electron chi connectivity index (χ0n) is 14.3. The molecule has 0 saturated carbocycles. The first-order valence-electron chi connectivity index (χ1n) is 7.40. The van der Waals surface area contributed by atoms with Gasteiger partial charge in [-0.2, -0.15) is 0 Å². The quantitative estimate of drug-likeness (QED) is 0.905. The van der Waals surface area contributed by atoms with Crippen molar-refractivity contribution >= 4 is 40.6 Å². The van der Waals surface area contributed by atoms with Gasteiger partial charge in [-0.3, -0.25) is 9.59 Å². The smallest absolute Gasteiger partial charge is 0.266 e. The van der Waals surface area contributed by atoms with Gasteiger partial charge in [-0.15, -0.1) is 22.7 Å². The van der Waals surface area contributed by atoms with Crippen molar-refractivity contribution in [3.8, 4) is 0 Å². The maximum absolute atomic E-state index is 12.0. The lowest BCUT2D eigenvalue weighted by Gasteiger charge is -2.14. The first kappa shape index (κ1) is 17.8. The van der Waals surface area contributed by atoms with Crippen molar-refractivity contribution in [2.75, 3.05) is 0 Å². The Morgan fingerprint density at radius 3 is 2.35 bits per heavy atom. The van der Waals surface area contributed by atoms with Gasteiger partial charge in [-0.1, -0.05) is 41.5 Å². The van der Waals surface area contributed by atoms with E-state index in [1.54, 1.807) is 17.4 Å². The van der Waals surface area contributed by atoms with Crippen LogP contribution in [0.2, 0.25) is 0 Å². The number of nitrogens with one attached hydrogen (secondary N) is 1. The molecule has 2 aromatic rings. The van der Waals surface area contributed by atoms with Gasteiger partial charge in [0, 0.05) is 22.6 Å². The molecule has 0 spiro atoms. The lowest BCUT2D eigenvalue weighted by atomic mass is 9.91. The van der Waals surface area contributed by atoms with Gasteiger partial charge in [-0.05, 0) is 11.5 Å². The van der Waals surface area contributed by atoms with Gasteiger partial charge in [-0.25, -0.2) is 4.98 Å². The third-order valence-corrected chi connectivity index (χ3v) is 5.53. The summed E-state index contributed by atoms with van der Waals surface area (Å²) in [6.45, 7) is 12.0. The van der Waals surface area contributed by atoms with Crippen molar-refractivity contribution in [1.82, 2.24) is 9.97 Å². The summed E-state index contributed by atoms with van der Waals surface area (Å²) in [6, 6.07) is 0. The third-order valence-electron chi connectivity index (χ3n) is 3.20. The van der Waals surface area contributed by atoms with Crippen molar-refractivity contribution in [3.05, 3.63) is 35.6 Å². The van der Waals surface area contributed by atoms with Crippen LogP contribution in [0.4, 0.5) is 0 Å². The number of ketones is 1. The fourth-order valence-electron chi connectivity index (χ4n) is 1.67. The zero-order valence-corrected chi connectivity index (χ0v) is 15.9. The SMILES string of the molecule is CC(C)(C)C(=O)C=c1[nH]c(=O)c(=Cc2ncc(C(C)(C)C)s2)s1. The second-order valence-electron chi connectivity index (χ2n) is 7.50. The topological polar surface area (TPSA) is 62.8 Å². The van der Waals surface area contributed by atoms with E-state index in [0.717, 1.165) is 5.01 Å². The summed E-state index contributed by atoms with van der Waals surface area (Å²) in [5.41, 5.74) is -0.596. The predicted molar refractivity (Wildman–Crippen MR) is 97.5 cm³/mol. The fraction of sp³-hybridized carbons (Fsp3) is 0.471. The number of rotatable bonds is 2. The van der Waals surface area contributed by atoms with Crippen molar-refractivity contribution < 1.29 is 4.79 Å². The molecule has 2 aromatic heterocycles. The highest BCUT2D eigenvalue weighted by Gasteiger charge is 2.19. The molecule has 0 amide bonds. The lowest BCUT2D eigenvalue weighted by molar-refractivity contribution is -0.119. The van der Waals surface area contributed by atoms with E-state index in [2.05, 4.69) is 30.7 Å². The minimum absolute atomic E-state index is 0.00850. The highest BCUT2D eigenvalue weighted by atomic mass is 32.1. The molecular weight excluding hydrogens is 328 g/mol. The molecule has 0 aliphatic carbocycles. The number of H-pyrrole nitrogens is 1. The van der Waals surface area contributed by atoms with Crippen LogP contribution in [0.15, 0.2) is 11.0 Å². The van der Waals surface area contributed by atoms with Crippen LogP contribution in [0, 0.1) is 5.41 Å². The number of carbonyl (C=O) groups excluding carboxylic acids is 1. The molecule has 0 atom stereocenters. The Morgan fingerprint density at radius 2 is 1.83 bits per heavy atom. The van der Waals surface area contributed by atoms with Crippen LogP contribution in [0.25, 0.3) is 12.2 Å². The number of aromatic amines is 1. The van der Waals surface area contributed by atoms with E-state index in [1.165, 1.54) is 22.3 Å². The summed E-state index contributed by atoms with van der Waals surface area (Å²) in [5.74, 6) is -0.00850. The lowest BCUT2D eigenvalue weighted by Crippen LogP contribution is -2.22. The molecular formula is C17H22N2O2S2. The molecule has 0 fully saturated rings. The summed E-state index contributed by atoms with van der Waals surface area (Å²) in [5, 5.41) is 0.802. The second kappa shape index (κ2) is 6.17. The van der Waals surface area contributed by atoms with E-state index >= 15 is 0 Å². The van der Waals surface area contributed by atoms with Gasteiger partial charge in [0.05, 0.1) is 9.20 Å². The molecule has 2 heterocycles. The van der Waals surface area contributed by atoms with E-state index < -0.39 is 5.41 Å². The number of carbonyl (C=O) groups is 1. The molecule has 23 heavy (non-hydrogen) atoms. The molecule has 0 aromatic carbocycles. The molecule has 1 N–H and O–H groups in total. The highest BCUT2D eigenvalue weighted by molar-refractivity contribution is 7.13. The minimum atomic E-state index is -0.457. The van der Waals surface area contributed by atoms with Crippen molar-refractivity contribution in [2.45, 2.75) is 47.0 Å². The van der Waals surface area contributed by atoms with E-state index in [-0.39, 0.29) is 16.8 Å². The van der Waals surface area contributed by atoms with Crippen molar-refractivity contribution in [3.63, 3.8) is 0 Å². The second-order valence-corrected chi connectivity index (χ2v) is 9.65. The van der Waals surface area contributed by atoms with E-state index in [4.69, 9.17) is 0 Å². The van der Waals surface area contributed by atoms with E-state index in [1.807, 2.05) is 27.0 Å². The summed E-state index contributed by atoms with van der Waals surface area (Å²) in [6.07, 6.45) is 5.14. The van der Waals surface area contributed by atoms with Crippen LogP contribution >= 0.6 is 22.7 Å². The molecule has 0 unspecified atom stereocenters. The van der Waals surface area contributed by atoms with Crippen LogP contribution in [-0.4, -0.2) is 15.8 Å². The molecule has 0 bridgehead atoms. The largest absolute Gasteiger partial charge is 0.313 e. The average Bonchev–Trinajstić information content (AvgIpc) is 2.96. The van der Waals surface area contributed by atoms with Crippen LogP contribution < -0.4 is 14.8 Å². The standard InChI is InChI=1S/C17H22N2O2S2/c1-16(2,3)11(20)8-14-19-15(21)10(22-14)7-13-18-9-12(23-13)17(4,5)6/h7-9H,1-6H3,(H,19,21). The summed E-state index contributed by atoms with van der Waals surface area (Å²) < 4.78 is 1.14. The molecule has 4 nitrogen and oxygen atoms in total. The number of nitrogens with zero attached hydrogens (tertiary/aromatic N) is 1. The highest BCUT2D eigenvalue weighted by Crippen LogP contribution is 2.27. The van der Waals surface area contributed by atoms with Gasteiger partial charge in [0.1, 0.15) is 5.01 Å². The minimum Gasteiger partial charge on any atom is -0.313 e. The Kier molecular flexibility index (Phi) is 4.78. The summed E-state index contributed by atoms with van der Waals surface area (Å²) in [4.78, 5) is 32.4. The molecule has 6 heteroatoms. The maximum Gasteiger partial charge on any atom is 0.266 e. The molecule has 0 saturated heterocycles. The number of aromatic nitrogens is 2. The van der Waals surface area contributed by atoms with Gasteiger partial charge >= 0.3 is 0 Å². The van der Waals surface area contributed by atoms with Crippen molar-refractivity contribution in [1.29, 1.82) is 0 Å². The number of thiazole rings is 2. The van der Waals surface area contributed by atoms with Crippen LogP contribution in [-0.2, 0) is 10.2 Å². The van der Waals surface area contributed by atoms with Gasteiger partial charge in [0.2, 0.25) is 0 Å². The molecule has 124 valence electrons.